The Morgan fingerprint density at radius 3 is 2.10 bits per heavy atom. The summed E-state index contributed by atoms with van der Waals surface area (Å²) in [7, 11) is 0. The fourth-order valence-electron chi connectivity index (χ4n) is 3.04. The average Bonchev–Trinajstić information content (AvgIpc) is 2.51. The summed E-state index contributed by atoms with van der Waals surface area (Å²) in [4.78, 5) is 12.2. The third-order valence-electron chi connectivity index (χ3n) is 3.41. The highest BCUT2D eigenvalue weighted by Gasteiger charge is 2.45. The molecule has 0 bridgehead atoms. The van der Waals surface area contributed by atoms with Crippen LogP contribution in [0.5, 0.6) is 0 Å². The Kier molecular flexibility index (Phi) is 5.18. The number of amides is 1. The standard InChI is InChI=1S/C14H28N2O4/c1-13(2,3)7-14(4,5)16-12(20)9-11(19)10(18)8(6-17)15-9/h8-11,15,17-19H,6-7H2,1-5H3,(H,16,20)/t8-,9+,10+,11-/m1/s1. The molecule has 4 atom stereocenters. The minimum atomic E-state index is -1.21. The molecule has 1 aliphatic heterocycles. The molecule has 1 saturated heterocycles. The highest BCUT2D eigenvalue weighted by molar-refractivity contribution is 5.83. The second-order valence-corrected chi connectivity index (χ2v) is 7.53. The van der Waals surface area contributed by atoms with Crippen molar-refractivity contribution in [1.29, 1.82) is 0 Å². The van der Waals surface area contributed by atoms with E-state index in [-0.39, 0.29) is 17.9 Å². The first-order valence-electron chi connectivity index (χ1n) is 7.02. The van der Waals surface area contributed by atoms with Crippen LogP contribution in [0.15, 0.2) is 0 Å². The van der Waals surface area contributed by atoms with Crippen molar-refractivity contribution in [3.05, 3.63) is 0 Å². The molecule has 118 valence electrons. The molecule has 0 unspecified atom stereocenters. The highest BCUT2D eigenvalue weighted by atomic mass is 16.3. The molecule has 1 amide bonds. The number of rotatable bonds is 4. The van der Waals surface area contributed by atoms with Gasteiger partial charge in [0.25, 0.3) is 0 Å². The molecule has 0 aromatic heterocycles. The van der Waals surface area contributed by atoms with Gasteiger partial charge in [-0.05, 0) is 25.7 Å². The molecular formula is C14H28N2O4. The Balaban J connectivity index is 2.67. The Labute approximate surface area is 120 Å². The van der Waals surface area contributed by atoms with Crippen LogP contribution in [0.1, 0.15) is 41.0 Å². The van der Waals surface area contributed by atoms with Crippen LogP contribution < -0.4 is 10.6 Å². The molecule has 5 N–H and O–H groups in total. The number of hydrogen-bond donors (Lipinski definition) is 5. The van der Waals surface area contributed by atoms with Crippen LogP contribution in [0.25, 0.3) is 0 Å². The minimum absolute atomic E-state index is 0.0612. The summed E-state index contributed by atoms with van der Waals surface area (Å²) in [5.41, 5.74) is -0.357. The lowest BCUT2D eigenvalue weighted by Gasteiger charge is -2.34. The topological polar surface area (TPSA) is 102 Å². The summed E-state index contributed by atoms with van der Waals surface area (Å²) in [5.74, 6) is -0.359. The normalized spacial score (nSPS) is 31.4. The number of aliphatic hydroxyl groups is 3. The molecule has 1 rings (SSSR count). The molecule has 0 saturated carbocycles. The van der Waals surface area contributed by atoms with E-state index in [4.69, 9.17) is 5.11 Å². The summed E-state index contributed by atoms with van der Waals surface area (Å²) in [6.45, 7) is 9.81. The van der Waals surface area contributed by atoms with Crippen molar-refractivity contribution in [3.8, 4) is 0 Å². The van der Waals surface area contributed by atoms with Crippen molar-refractivity contribution in [2.24, 2.45) is 5.41 Å². The number of nitrogens with one attached hydrogen (secondary N) is 2. The predicted octanol–water partition coefficient (Wildman–Crippen LogP) is -0.628. The molecule has 0 radical (unpaired) electrons. The van der Waals surface area contributed by atoms with Gasteiger partial charge in [0.2, 0.25) is 5.91 Å². The van der Waals surface area contributed by atoms with Gasteiger partial charge in [-0.15, -0.1) is 0 Å². The smallest absolute Gasteiger partial charge is 0.240 e. The van der Waals surface area contributed by atoms with E-state index < -0.39 is 29.8 Å². The van der Waals surface area contributed by atoms with Crippen LogP contribution in [0.2, 0.25) is 0 Å². The molecule has 6 heteroatoms. The zero-order valence-corrected chi connectivity index (χ0v) is 13.0. The second-order valence-electron chi connectivity index (χ2n) is 7.53. The Morgan fingerprint density at radius 2 is 1.70 bits per heavy atom. The minimum Gasteiger partial charge on any atom is -0.395 e. The van der Waals surface area contributed by atoms with E-state index in [2.05, 4.69) is 31.4 Å². The van der Waals surface area contributed by atoms with Crippen LogP contribution in [0.3, 0.4) is 0 Å². The molecule has 0 spiro atoms. The van der Waals surface area contributed by atoms with Gasteiger partial charge in [-0.3, -0.25) is 10.1 Å². The zero-order valence-electron chi connectivity index (χ0n) is 13.0. The maximum Gasteiger partial charge on any atom is 0.240 e. The molecule has 0 aromatic carbocycles. The summed E-state index contributed by atoms with van der Waals surface area (Å²) >= 11 is 0. The number of hydrogen-bond acceptors (Lipinski definition) is 5. The average molecular weight is 288 g/mol. The summed E-state index contributed by atoms with van der Waals surface area (Å²) < 4.78 is 0. The number of carbonyl (C=O) groups excluding carboxylic acids is 1. The first-order valence-corrected chi connectivity index (χ1v) is 7.02. The lowest BCUT2D eigenvalue weighted by atomic mass is 9.81. The van der Waals surface area contributed by atoms with Crippen molar-refractivity contribution in [2.75, 3.05) is 6.61 Å². The predicted molar refractivity (Wildman–Crippen MR) is 76.1 cm³/mol. The second kappa shape index (κ2) is 5.97. The molecular weight excluding hydrogens is 260 g/mol. The Hall–Kier alpha value is -0.690. The van der Waals surface area contributed by atoms with Gasteiger partial charge in [0.05, 0.1) is 18.8 Å². The number of carbonyl (C=O) groups is 1. The van der Waals surface area contributed by atoms with E-state index in [0.29, 0.717) is 0 Å². The van der Waals surface area contributed by atoms with Crippen molar-refractivity contribution in [2.45, 2.75) is 70.9 Å². The molecule has 20 heavy (non-hydrogen) atoms. The summed E-state index contributed by atoms with van der Waals surface area (Å²) in [5, 5.41) is 34.3. The van der Waals surface area contributed by atoms with E-state index in [0.717, 1.165) is 6.42 Å². The lowest BCUT2D eigenvalue weighted by Crippen LogP contribution is -2.55. The van der Waals surface area contributed by atoms with Crippen molar-refractivity contribution in [1.82, 2.24) is 10.6 Å². The molecule has 0 aromatic rings. The van der Waals surface area contributed by atoms with E-state index in [1.165, 1.54) is 0 Å². The summed E-state index contributed by atoms with van der Waals surface area (Å²) in [6, 6.07) is -1.58. The maximum atomic E-state index is 12.2. The molecule has 1 heterocycles. The van der Waals surface area contributed by atoms with Gasteiger partial charge in [0, 0.05) is 5.54 Å². The Bertz CT molecular complexity index is 352. The van der Waals surface area contributed by atoms with E-state index in [1.54, 1.807) is 0 Å². The van der Waals surface area contributed by atoms with Gasteiger partial charge in [0.15, 0.2) is 0 Å². The van der Waals surface area contributed by atoms with Gasteiger partial charge in [0.1, 0.15) is 12.1 Å². The van der Waals surface area contributed by atoms with Gasteiger partial charge in [-0.2, -0.15) is 0 Å². The first-order chi connectivity index (χ1) is 8.97. The van der Waals surface area contributed by atoms with Gasteiger partial charge in [-0.1, -0.05) is 20.8 Å². The van der Waals surface area contributed by atoms with Crippen LogP contribution in [0, 0.1) is 5.41 Å². The lowest BCUT2D eigenvalue weighted by molar-refractivity contribution is -0.127. The monoisotopic (exact) mass is 288 g/mol. The zero-order chi connectivity index (χ0) is 15.7. The third kappa shape index (κ3) is 4.41. The fraction of sp³-hybridized carbons (Fsp3) is 0.929. The van der Waals surface area contributed by atoms with Crippen molar-refractivity contribution >= 4 is 5.91 Å². The molecule has 6 nitrogen and oxygen atoms in total. The van der Waals surface area contributed by atoms with Crippen LogP contribution in [-0.2, 0) is 4.79 Å². The van der Waals surface area contributed by atoms with E-state index in [1.807, 2.05) is 13.8 Å². The highest BCUT2D eigenvalue weighted by Crippen LogP contribution is 2.27. The maximum absolute atomic E-state index is 12.2. The van der Waals surface area contributed by atoms with Gasteiger partial charge >= 0.3 is 0 Å². The molecule has 1 fully saturated rings. The van der Waals surface area contributed by atoms with Crippen molar-refractivity contribution in [3.63, 3.8) is 0 Å². The Morgan fingerprint density at radius 1 is 1.15 bits per heavy atom. The van der Waals surface area contributed by atoms with Crippen LogP contribution in [-0.4, -0.2) is 57.7 Å². The van der Waals surface area contributed by atoms with Crippen LogP contribution >= 0.6 is 0 Å². The van der Waals surface area contributed by atoms with E-state index >= 15 is 0 Å². The third-order valence-corrected chi connectivity index (χ3v) is 3.41. The van der Waals surface area contributed by atoms with Crippen LogP contribution in [0.4, 0.5) is 0 Å². The number of aliphatic hydroxyl groups excluding tert-OH is 3. The first kappa shape index (κ1) is 17.4. The SMILES string of the molecule is CC(C)(C)CC(C)(C)NC(=O)[C@H]1N[C@H](CO)[C@H](O)[C@@H]1O. The largest absolute Gasteiger partial charge is 0.395 e. The molecule has 1 aliphatic rings. The van der Waals surface area contributed by atoms with Crippen molar-refractivity contribution < 1.29 is 20.1 Å². The molecule has 0 aliphatic carbocycles. The quantitative estimate of drug-likeness (QED) is 0.474. The van der Waals surface area contributed by atoms with Gasteiger partial charge in [-0.25, -0.2) is 0 Å². The van der Waals surface area contributed by atoms with Gasteiger partial charge < -0.3 is 20.6 Å². The summed E-state index contributed by atoms with van der Waals surface area (Å²) in [6.07, 6.45) is -1.57. The van der Waals surface area contributed by atoms with E-state index in [9.17, 15) is 15.0 Å². The fourth-order valence-corrected chi connectivity index (χ4v) is 3.04.